The van der Waals surface area contributed by atoms with Gasteiger partial charge in [-0.3, -0.25) is 4.98 Å². The molecule has 1 aromatic heterocycles. The summed E-state index contributed by atoms with van der Waals surface area (Å²) in [5.41, 5.74) is 0.555. The van der Waals surface area contributed by atoms with Crippen LogP contribution in [0.1, 0.15) is 82.9 Å². The van der Waals surface area contributed by atoms with E-state index in [1.165, 1.54) is 51.4 Å². The zero-order valence-electron chi connectivity index (χ0n) is 13.6. The molecule has 0 aliphatic rings. The summed E-state index contributed by atoms with van der Waals surface area (Å²) in [6, 6.07) is 0. The van der Waals surface area contributed by atoms with E-state index in [1.807, 2.05) is 0 Å². The van der Waals surface area contributed by atoms with Gasteiger partial charge >= 0.3 is 0 Å². The fourth-order valence-corrected chi connectivity index (χ4v) is 2.51. The number of aliphatic hydroxyl groups is 1. The predicted molar refractivity (Wildman–Crippen MR) is 85.4 cm³/mol. The summed E-state index contributed by atoms with van der Waals surface area (Å²) in [7, 11) is 1.55. The maximum Gasteiger partial charge on any atom is 0.238 e. The maximum absolute atomic E-state index is 10.1. The molecular formula is C17H30N2O2. The van der Waals surface area contributed by atoms with Gasteiger partial charge in [-0.05, 0) is 6.42 Å². The lowest BCUT2D eigenvalue weighted by atomic mass is 10.0. The average Bonchev–Trinajstić information content (AvgIpc) is 2.53. The Kier molecular flexibility index (Phi) is 9.79. The molecule has 0 amide bonds. The van der Waals surface area contributed by atoms with E-state index in [0.29, 0.717) is 11.6 Å². The number of aliphatic hydroxyl groups excluding tert-OH is 1. The lowest BCUT2D eigenvalue weighted by Gasteiger charge is -2.12. The van der Waals surface area contributed by atoms with Crippen LogP contribution < -0.4 is 4.74 Å². The third-order valence-electron chi connectivity index (χ3n) is 3.78. The van der Waals surface area contributed by atoms with Crippen molar-refractivity contribution in [3.8, 4) is 5.88 Å². The molecule has 0 spiro atoms. The highest BCUT2D eigenvalue weighted by atomic mass is 16.5. The first-order valence-electron chi connectivity index (χ1n) is 8.32. The van der Waals surface area contributed by atoms with Crippen LogP contribution in [0.25, 0.3) is 0 Å². The number of unbranched alkanes of at least 4 members (excludes halogenated alkanes) is 8. The molecule has 0 radical (unpaired) electrons. The quantitative estimate of drug-likeness (QED) is 0.579. The Morgan fingerprint density at radius 2 is 1.52 bits per heavy atom. The van der Waals surface area contributed by atoms with Gasteiger partial charge in [0.1, 0.15) is 11.8 Å². The first-order chi connectivity index (χ1) is 10.3. The van der Waals surface area contributed by atoms with Crippen molar-refractivity contribution in [3.63, 3.8) is 0 Å². The smallest absolute Gasteiger partial charge is 0.238 e. The number of hydrogen-bond acceptors (Lipinski definition) is 4. The molecule has 1 rings (SSSR count). The number of hydrogen-bond donors (Lipinski definition) is 1. The topological polar surface area (TPSA) is 55.2 Å². The summed E-state index contributed by atoms with van der Waals surface area (Å²) in [5, 5.41) is 10.1. The third kappa shape index (κ3) is 7.42. The van der Waals surface area contributed by atoms with Gasteiger partial charge < -0.3 is 9.84 Å². The summed E-state index contributed by atoms with van der Waals surface area (Å²) in [5.74, 6) is 0.431. The molecule has 1 aromatic rings. The van der Waals surface area contributed by atoms with E-state index in [0.717, 1.165) is 12.8 Å². The van der Waals surface area contributed by atoms with E-state index in [1.54, 1.807) is 19.5 Å². The molecule has 0 saturated heterocycles. The summed E-state index contributed by atoms with van der Waals surface area (Å²) in [6.07, 6.45) is 14.9. The fraction of sp³-hybridized carbons (Fsp3) is 0.765. The molecule has 1 atom stereocenters. The van der Waals surface area contributed by atoms with E-state index in [4.69, 9.17) is 4.74 Å². The number of rotatable bonds is 12. The molecule has 0 bridgehead atoms. The van der Waals surface area contributed by atoms with Gasteiger partial charge in [0.25, 0.3) is 0 Å². The number of methoxy groups -OCH3 is 1. The zero-order chi connectivity index (χ0) is 15.3. The van der Waals surface area contributed by atoms with Crippen LogP contribution in [0.15, 0.2) is 12.4 Å². The first-order valence-corrected chi connectivity index (χ1v) is 8.32. The van der Waals surface area contributed by atoms with Gasteiger partial charge in [-0.2, -0.15) is 0 Å². The van der Waals surface area contributed by atoms with E-state index in [-0.39, 0.29) is 0 Å². The van der Waals surface area contributed by atoms with Gasteiger partial charge in [0.05, 0.1) is 7.11 Å². The maximum atomic E-state index is 10.1. The van der Waals surface area contributed by atoms with Crippen molar-refractivity contribution < 1.29 is 9.84 Å². The number of ether oxygens (including phenoxy) is 1. The molecule has 0 aliphatic heterocycles. The van der Waals surface area contributed by atoms with Crippen molar-refractivity contribution in [2.75, 3.05) is 7.11 Å². The molecule has 1 heterocycles. The van der Waals surface area contributed by atoms with Gasteiger partial charge in [0, 0.05) is 12.4 Å². The Labute approximate surface area is 129 Å². The first kappa shape index (κ1) is 17.9. The molecule has 4 nitrogen and oxygen atoms in total. The Hall–Kier alpha value is -1.16. The van der Waals surface area contributed by atoms with Crippen LogP contribution in [-0.4, -0.2) is 22.2 Å². The summed E-state index contributed by atoms with van der Waals surface area (Å²) in [4.78, 5) is 8.24. The van der Waals surface area contributed by atoms with Gasteiger partial charge in [0.15, 0.2) is 0 Å². The van der Waals surface area contributed by atoms with Crippen LogP contribution >= 0.6 is 0 Å². The van der Waals surface area contributed by atoms with Crippen molar-refractivity contribution in [1.29, 1.82) is 0 Å². The van der Waals surface area contributed by atoms with Crippen LogP contribution in [0.5, 0.6) is 5.88 Å². The molecule has 0 fully saturated rings. The van der Waals surface area contributed by atoms with E-state index >= 15 is 0 Å². The minimum Gasteiger partial charge on any atom is -0.480 e. The second kappa shape index (κ2) is 11.5. The lowest BCUT2D eigenvalue weighted by Crippen LogP contribution is -2.04. The number of aromatic nitrogens is 2. The Bertz CT molecular complexity index is 372. The molecule has 0 saturated carbocycles. The minimum absolute atomic E-state index is 0.431. The Morgan fingerprint density at radius 1 is 0.952 bits per heavy atom. The molecule has 0 aromatic carbocycles. The lowest BCUT2D eigenvalue weighted by molar-refractivity contribution is 0.153. The van der Waals surface area contributed by atoms with E-state index in [9.17, 15) is 5.11 Å². The largest absolute Gasteiger partial charge is 0.480 e. The summed E-state index contributed by atoms with van der Waals surface area (Å²) >= 11 is 0. The van der Waals surface area contributed by atoms with Crippen molar-refractivity contribution in [1.82, 2.24) is 9.97 Å². The van der Waals surface area contributed by atoms with Crippen molar-refractivity contribution in [2.45, 2.75) is 77.2 Å². The highest BCUT2D eigenvalue weighted by Crippen LogP contribution is 2.24. The Morgan fingerprint density at radius 3 is 2.14 bits per heavy atom. The van der Waals surface area contributed by atoms with Crippen LogP contribution in [-0.2, 0) is 0 Å². The molecule has 1 N–H and O–H groups in total. The summed E-state index contributed by atoms with van der Waals surface area (Å²) < 4.78 is 5.12. The SMILES string of the molecule is CCCCCCCCCCCC(O)c1nccnc1OC. The van der Waals surface area contributed by atoms with Crippen molar-refractivity contribution in [2.24, 2.45) is 0 Å². The normalized spacial score (nSPS) is 12.3. The van der Waals surface area contributed by atoms with Gasteiger partial charge in [-0.1, -0.05) is 64.7 Å². The minimum atomic E-state index is -0.571. The third-order valence-corrected chi connectivity index (χ3v) is 3.78. The monoisotopic (exact) mass is 294 g/mol. The summed E-state index contributed by atoms with van der Waals surface area (Å²) in [6.45, 7) is 2.25. The van der Waals surface area contributed by atoms with Gasteiger partial charge in [-0.15, -0.1) is 0 Å². The van der Waals surface area contributed by atoms with Crippen LogP contribution in [0.3, 0.4) is 0 Å². The molecule has 120 valence electrons. The van der Waals surface area contributed by atoms with Crippen LogP contribution in [0.2, 0.25) is 0 Å². The fourth-order valence-electron chi connectivity index (χ4n) is 2.51. The van der Waals surface area contributed by atoms with E-state index in [2.05, 4.69) is 16.9 Å². The molecule has 4 heteroatoms. The highest BCUT2D eigenvalue weighted by Gasteiger charge is 2.15. The standard InChI is InChI=1S/C17H30N2O2/c1-3-4-5-6-7-8-9-10-11-12-15(20)16-17(21-2)19-14-13-18-16/h13-15,20H,3-12H2,1-2H3. The highest BCUT2D eigenvalue weighted by molar-refractivity contribution is 5.19. The molecule has 21 heavy (non-hydrogen) atoms. The van der Waals surface area contributed by atoms with Gasteiger partial charge in [-0.25, -0.2) is 4.98 Å². The number of nitrogens with zero attached hydrogens (tertiary/aromatic N) is 2. The van der Waals surface area contributed by atoms with Crippen molar-refractivity contribution in [3.05, 3.63) is 18.1 Å². The molecular weight excluding hydrogens is 264 g/mol. The van der Waals surface area contributed by atoms with Gasteiger partial charge in [0.2, 0.25) is 5.88 Å². The predicted octanol–water partition coefficient (Wildman–Crippen LogP) is 4.44. The van der Waals surface area contributed by atoms with Crippen LogP contribution in [0.4, 0.5) is 0 Å². The molecule has 1 unspecified atom stereocenters. The van der Waals surface area contributed by atoms with Crippen LogP contribution in [0, 0.1) is 0 Å². The second-order valence-corrected chi connectivity index (χ2v) is 5.58. The van der Waals surface area contributed by atoms with E-state index < -0.39 is 6.10 Å². The Balaban J connectivity index is 2.09. The average molecular weight is 294 g/mol. The second-order valence-electron chi connectivity index (χ2n) is 5.58. The molecule has 0 aliphatic carbocycles. The van der Waals surface area contributed by atoms with Crippen molar-refractivity contribution >= 4 is 0 Å². The zero-order valence-corrected chi connectivity index (χ0v) is 13.6.